The van der Waals surface area contributed by atoms with Gasteiger partial charge >= 0.3 is 5.97 Å². The van der Waals surface area contributed by atoms with E-state index in [1.54, 1.807) is 11.3 Å². The van der Waals surface area contributed by atoms with Crippen LogP contribution in [-0.2, 0) is 4.79 Å². The van der Waals surface area contributed by atoms with Crippen LogP contribution >= 0.6 is 11.3 Å². The van der Waals surface area contributed by atoms with Crippen LogP contribution in [0.1, 0.15) is 29.3 Å². The highest BCUT2D eigenvalue weighted by molar-refractivity contribution is 7.19. The third-order valence-electron chi connectivity index (χ3n) is 4.48. The van der Waals surface area contributed by atoms with Crippen molar-refractivity contribution in [2.45, 2.75) is 40.2 Å². The smallest absolute Gasteiger partial charge is 0.326 e. The van der Waals surface area contributed by atoms with Gasteiger partial charge in [-0.2, -0.15) is 0 Å². The Kier molecular flexibility index (Phi) is 4.72. The fraction of sp³-hybridized carbons (Fsp3) is 0.316. The number of fused-ring (bicyclic) bond motifs is 1. The predicted molar refractivity (Wildman–Crippen MR) is 102 cm³/mol. The number of thiophene rings is 1. The molecule has 0 aliphatic heterocycles. The van der Waals surface area contributed by atoms with Gasteiger partial charge in [0.25, 0.3) is 0 Å². The second-order valence-electron chi connectivity index (χ2n) is 6.18. The summed E-state index contributed by atoms with van der Waals surface area (Å²) >= 11 is 1.60. The topological polar surface area (TPSA) is 75.1 Å². The highest BCUT2D eigenvalue weighted by Crippen LogP contribution is 2.40. The molecule has 0 fully saturated rings. The molecule has 1 atom stereocenters. The average molecular weight is 355 g/mol. The molecule has 25 heavy (non-hydrogen) atoms. The van der Waals surface area contributed by atoms with Crippen molar-refractivity contribution >= 4 is 33.3 Å². The first-order valence-corrected chi connectivity index (χ1v) is 9.05. The number of hydrogen-bond acceptors (Lipinski definition) is 5. The van der Waals surface area contributed by atoms with Gasteiger partial charge in [-0.25, -0.2) is 14.8 Å². The summed E-state index contributed by atoms with van der Waals surface area (Å²) in [7, 11) is 0. The maximum Gasteiger partial charge on any atom is 0.326 e. The lowest BCUT2D eigenvalue weighted by Gasteiger charge is -2.14. The zero-order valence-corrected chi connectivity index (χ0v) is 15.6. The van der Waals surface area contributed by atoms with E-state index in [1.807, 2.05) is 6.92 Å². The number of carbonyl (C=O) groups is 1. The summed E-state index contributed by atoms with van der Waals surface area (Å²) in [5.74, 6) is -0.300. The number of carboxylic acids is 1. The minimum Gasteiger partial charge on any atom is -0.480 e. The molecule has 0 amide bonds. The number of benzene rings is 1. The van der Waals surface area contributed by atoms with Crippen LogP contribution in [0, 0.1) is 20.8 Å². The van der Waals surface area contributed by atoms with Crippen molar-refractivity contribution in [2.24, 2.45) is 0 Å². The van der Waals surface area contributed by atoms with Crippen LogP contribution in [0.3, 0.4) is 0 Å². The zero-order chi connectivity index (χ0) is 18.1. The molecular weight excluding hydrogens is 334 g/mol. The van der Waals surface area contributed by atoms with Crippen molar-refractivity contribution in [3.8, 4) is 11.1 Å². The van der Waals surface area contributed by atoms with Gasteiger partial charge in [-0.3, -0.25) is 0 Å². The molecule has 1 unspecified atom stereocenters. The van der Waals surface area contributed by atoms with E-state index in [2.05, 4.69) is 54.3 Å². The van der Waals surface area contributed by atoms with Crippen LogP contribution in [0.5, 0.6) is 0 Å². The highest BCUT2D eigenvalue weighted by Gasteiger charge is 2.21. The highest BCUT2D eigenvalue weighted by atomic mass is 32.1. The number of anilines is 1. The third-order valence-corrected chi connectivity index (χ3v) is 5.49. The normalized spacial score (nSPS) is 12.3. The molecule has 2 aromatic heterocycles. The van der Waals surface area contributed by atoms with E-state index < -0.39 is 12.0 Å². The maximum atomic E-state index is 11.4. The maximum absolute atomic E-state index is 11.4. The molecular formula is C19H21N3O2S. The SMILES string of the molecule is CCC(Nc1ncnc2sc(C)c(-c3ccc(C)c(C)c3)c12)C(=O)O. The number of aliphatic carboxylic acids is 1. The molecule has 2 N–H and O–H groups in total. The van der Waals surface area contributed by atoms with Crippen LogP contribution in [0.15, 0.2) is 24.5 Å². The fourth-order valence-electron chi connectivity index (χ4n) is 2.90. The Balaban J connectivity index is 2.20. The van der Waals surface area contributed by atoms with E-state index in [0.29, 0.717) is 12.2 Å². The number of aromatic nitrogens is 2. The molecule has 0 aliphatic rings. The molecule has 2 heterocycles. The van der Waals surface area contributed by atoms with Crippen molar-refractivity contribution in [3.63, 3.8) is 0 Å². The first-order chi connectivity index (χ1) is 11.9. The number of hydrogen-bond donors (Lipinski definition) is 2. The van der Waals surface area contributed by atoms with E-state index in [9.17, 15) is 9.90 Å². The third kappa shape index (κ3) is 3.22. The quantitative estimate of drug-likeness (QED) is 0.702. The zero-order valence-electron chi connectivity index (χ0n) is 14.8. The van der Waals surface area contributed by atoms with Gasteiger partial charge in [0.2, 0.25) is 0 Å². The van der Waals surface area contributed by atoms with Crippen LogP contribution in [0.25, 0.3) is 21.3 Å². The molecule has 0 bridgehead atoms. The minimum atomic E-state index is -0.881. The standard InChI is InChI=1S/C19H21N3O2S/c1-5-14(19(23)24)22-17-16-15(12(4)25-18(16)21-9-20-17)13-7-6-10(2)11(3)8-13/h6-9,14H,5H2,1-4H3,(H,23,24)(H,20,21,22). The van der Waals surface area contributed by atoms with Crippen molar-refractivity contribution in [3.05, 3.63) is 40.5 Å². The molecule has 3 aromatic rings. The average Bonchev–Trinajstić information content (AvgIpc) is 2.91. The van der Waals surface area contributed by atoms with Crippen LogP contribution in [0.2, 0.25) is 0 Å². The Hall–Kier alpha value is -2.47. The van der Waals surface area contributed by atoms with E-state index in [-0.39, 0.29) is 0 Å². The van der Waals surface area contributed by atoms with Crippen molar-refractivity contribution in [1.29, 1.82) is 0 Å². The molecule has 3 rings (SSSR count). The molecule has 5 nitrogen and oxygen atoms in total. The number of nitrogens with one attached hydrogen (secondary N) is 1. The molecule has 0 radical (unpaired) electrons. The Morgan fingerprint density at radius 1 is 1.24 bits per heavy atom. The Labute approximate surface area is 150 Å². The predicted octanol–water partition coefficient (Wildman–Crippen LogP) is 4.56. The lowest BCUT2D eigenvalue weighted by Crippen LogP contribution is -2.28. The van der Waals surface area contributed by atoms with E-state index in [1.165, 1.54) is 17.5 Å². The van der Waals surface area contributed by atoms with Crippen molar-refractivity contribution in [1.82, 2.24) is 9.97 Å². The summed E-state index contributed by atoms with van der Waals surface area (Å²) in [5.41, 5.74) is 4.64. The Morgan fingerprint density at radius 2 is 2.00 bits per heavy atom. The summed E-state index contributed by atoms with van der Waals surface area (Å²) in [6.45, 7) is 8.09. The van der Waals surface area contributed by atoms with Gasteiger partial charge in [-0.05, 0) is 43.9 Å². The van der Waals surface area contributed by atoms with Crippen molar-refractivity contribution in [2.75, 3.05) is 5.32 Å². The first kappa shape index (κ1) is 17.4. The first-order valence-electron chi connectivity index (χ1n) is 8.23. The second kappa shape index (κ2) is 6.80. The summed E-state index contributed by atoms with van der Waals surface area (Å²) in [6, 6.07) is 5.69. The van der Waals surface area contributed by atoms with Gasteiger partial charge in [0.15, 0.2) is 0 Å². The van der Waals surface area contributed by atoms with Gasteiger partial charge in [0.05, 0.1) is 5.39 Å². The summed E-state index contributed by atoms with van der Waals surface area (Å²) in [4.78, 5) is 22.1. The second-order valence-corrected chi connectivity index (χ2v) is 7.38. The number of carboxylic acid groups (broad SMARTS) is 1. The minimum absolute atomic E-state index is 0.475. The molecule has 0 spiro atoms. The van der Waals surface area contributed by atoms with Gasteiger partial charge in [0, 0.05) is 10.4 Å². The number of aryl methyl sites for hydroxylation is 3. The van der Waals surface area contributed by atoms with Gasteiger partial charge in [0.1, 0.15) is 23.0 Å². The van der Waals surface area contributed by atoms with Crippen LogP contribution < -0.4 is 5.32 Å². The lowest BCUT2D eigenvalue weighted by molar-refractivity contribution is -0.137. The van der Waals surface area contributed by atoms with Crippen LogP contribution in [0.4, 0.5) is 5.82 Å². The Morgan fingerprint density at radius 3 is 2.64 bits per heavy atom. The van der Waals surface area contributed by atoms with E-state index in [4.69, 9.17) is 0 Å². The fourth-order valence-corrected chi connectivity index (χ4v) is 3.91. The monoisotopic (exact) mass is 355 g/mol. The molecule has 0 saturated carbocycles. The number of rotatable bonds is 5. The van der Waals surface area contributed by atoms with Crippen molar-refractivity contribution < 1.29 is 9.90 Å². The van der Waals surface area contributed by atoms with E-state index >= 15 is 0 Å². The van der Waals surface area contributed by atoms with Crippen LogP contribution in [-0.4, -0.2) is 27.1 Å². The summed E-state index contributed by atoms with van der Waals surface area (Å²) in [6.07, 6.45) is 1.96. The number of nitrogens with zero attached hydrogens (tertiary/aromatic N) is 2. The summed E-state index contributed by atoms with van der Waals surface area (Å²) in [5, 5.41) is 13.3. The Bertz CT molecular complexity index is 949. The van der Waals surface area contributed by atoms with Gasteiger partial charge in [-0.15, -0.1) is 11.3 Å². The van der Waals surface area contributed by atoms with E-state index in [0.717, 1.165) is 26.2 Å². The van der Waals surface area contributed by atoms with Gasteiger partial charge in [-0.1, -0.05) is 25.1 Å². The van der Waals surface area contributed by atoms with Gasteiger partial charge < -0.3 is 10.4 Å². The molecule has 1 aromatic carbocycles. The lowest BCUT2D eigenvalue weighted by atomic mass is 9.99. The largest absolute Gasteiger partial charge is 0.480 e. The molecule has 0 aliphatic carbocycles. The summed E-state index contributed by atoms with van der Waals surface area (Å²) < 4.78 is 0. The molecule has 6 heteroatoms. The molecule has 0 saturated heterocycles. The molecule has 130 valence electrons.